The van der Waals surface area contributed by atoms with Crippen LogP contribution in [0.3, 0.4) is 0 Å². The first kappa shape index (κ1) is 15.1. The topological polar surface area (TPSA) is 105 Å². The third-order valence-electron chi connectivity index (χ3n) is 2.66. The molecule has 0 heterocycles. The third-order valence-corrected chi connectivity index (χ3v) is 2.66. The van der Waals surface area contributed by atoms with Gasteiger partial charge in [-0.2, -0.15) is 5.10 Å². The summed E-state index contributed by atoms with van der Waals surface area (Å²) >= 11 is 0. The van der Waals surface area contributed by atoms with Gasteiger partial charge in [-0.1, -0.05) is 6.07 Å². The molecule has 0 aliphatic rings. The van der Waals surface area contributed by atoms with Crippen LogP contribution in [-0.2, 0) is 0 Å². The van der Waals surface area contributed by atoms with Crippen LogP contribution in [-0.4, -0.2) is 22.2 Å². The first-order chi connectivity index (χ1) is 10.5. The molecule has 2 rings (SSSR count). The molecule has 0 saturated carbocycles. The van der Waals surface area contributed by atoms with Crippen molar-refractivity contribution in [2.45, 2.75) is 0 Å². The number of hydrogen-bond donors (Lipinski definition) is 2. The van der Waals surface area contributed by atoms with Crippen LogP contribution in [0.15, 0.2) is 47.6 Å². The molecule has 7 nitrogen and oxygen atoms in total. The largest absolute Gasteiger partial charge is 0.508 e. The second-order valence-electron chi connectivity index (χ2n) is 4.21. The fourth-order valence-corrected chi connectivity index (χ4v) is 1.67. The van der Waals surface area contributed by atoms with E-state index in [1.165, 1.54) is 24.3 Å². The Labute approximate surface area is 123 Å². The predicted molar refractivity (Wildman–Crippen MR) is 76.2 cm³/mol. The first-order valence-corrected chi connectivity index (χ1v) is 6.04. The van der Waals surface area contributed by atoms with Crippen LogP contribution < -0.4 is 5.43 Å². The van der Waals surface area contributed by atoms with E-state index in [-0.39, 0.29) is 22.6 Å². The molecule has 0 fully saturated rings. The number of nitro groups is 1. The van der Waals surface area contributed by atoms with Crippen LogP contribution in [0.1, 0.15) is 15.9 Å². The van der Waals surface area contributed by atoms with E-state index in [9.17, 15) is 24.4 Å². The lowest BCUT2D eigenvalue weighted by Crippen LogP contribution is -2.17. The number of hydrazone groups is 1. The summed E-state index contributed by atoms with van der Waals surface area (Å²) in [5.74, 6) is -1.41. The normalized spacial score (nSPS) is 10.6. The van der Waals surface area contributed by atoms with E-state index in [0.29, 0.717) is 0 Å². The summed E-state index contributed by atoms with van der Waals surface area (Å²) < 4.78 is 13.0. The average Bonchev–Trinajstić information content (AvgIpc) is 2.47. The lowest BCUT2D eigenvalue weighted by Gasteiger charge is -2.00. The third kappa shape index (κ3) is 3.63. The van der Waals surface area contributed by atoms with Crippen molar-refractivity contribution in [1.29, 1.82) is 0 Å². The van der Waals surface area contributed by atoms with Gasteiger partial charge in [-0.05, 0) is 30.3 Å². The SMILES string of the molecule is O=C(N/N=C/c1cc(O)ccc1[N+](=O)[O-])c1cccc(F)c1. The van der Waals surface area contributed by atoms with Crippen molar-refractivity contribution in [3.8, 4) is 5.75 Å². The summed E-state index contributed by atoms with van der Waals surface area (Å²) in [7, 11) is 0. The number of aromatic hydroxyl groups is 1. The van der Waals surface area contributed by atoms with Crippen LogP contribution >= 0.6 is 0 Å². The van der Waals surface area contributed by atoms with Gasteiger partial charge < -0.3 is 5.11 Å². The molecule has 0 unspecified atom stereocenters. The molecule has 8 heteroatoms. The summed E-state index contributed by atoms with van der Waals surface area (Å²) in [5, 5.41) is 23.7. The van der Waals surface area contributed by atoms with Gasteiger partial charge in [0.15, 0.2) is 0 Å². The summed E-state index contributed by atoms with van der Waals surface area (Å²) in [6.07, 6.45) is 1.02. The van der Waals surface area contributed by atoms with E-state index in [4.69, 9.17) is 0 Å². The lowest BCUT2D eigenvalue weighted by atomic mass is 10.2. The van der Waals surface area contributed by atoms with Crippen molar-refractivity contribution in [3.63, 3.8) is 0 Å². The molecular weight excluding hydrogens is 293 g/mol. The number of hydrogen-bond acceptors (Lipinski definition) is 5. The Morgan fingerprint density at radius 3 is 2.77 bits per heavy atom. The second kappa shape index (κ2) is 6.44. The van der Waals surface area contributed by atoms with Gasteiger partial charge in [-0.25, -0.2) is 9.82 Å². The fourth-order valence-electron chi connectivity index (χ4n) is 1.67. The van der Waals surface area contributed by atoms with Crippen LogP contribution in [0, 0.1) is 15.9 Å². The van der Waals surface area contributed by atoms with Crippen LogP contribution in [0.5, 0.6) is 5.75 Å². The van der Waals surface area contributed by atoms with Crippen molar-refractivity contribution >= 4 is 17.8 Å². The highest BCUT2D eigenvalue weighted by Gasteiger charge is 2.12. The van der Waals surface area contributed by atoms with Crippen molar-refractivity contribution in [2.75, 3.05) is 0 Å². The van der Waals surface area contributed by atoms with Gasteiger partial charge in [-0.15, -0.1) is 0 Å². The average molecular weight is 303 g/mol. The highest BCUT2D eigenvalue weighted by Crippen LogP contribution is 2.21. The molecule has 0 aromatic heterocycles. The van der Waals surface area contributed by atoms with Crippen molar-refractivity contribution < 1.29 is 19.2 Å². The number of nitrogens with zero attached hydrogens (tertiary/aromatic N) is 2. The Hall–Kier alpha value is -3.29. The van der Waals surface area contributed by atoms with Crippen LogP contribution in [0.4, 0.5) is 10.1 Å². The number of nitro benzene ring substituents is 1. The van der Waals surface area contributed by atoms with Crippen LogP contribution in [0.2, 0.25) is 0 Å². The molecule has 2 aromatic carbocycles. The molecule has 2 N–H and O–H groups in total. The fraction of sp³-hybridized carbons (Fsp3) is 0. The zero-order valence-corrected chi connectivity index (χ0v) is 11.1. The maximum atomic E-state index is 13.0. The first-order valence-electron chi connectivity index (χ1n) is 6.04. The van der Waals surface area contributed by atoms with E-state index in [2.05, 4.69) is 10.5 Å². The molecule has 0 bridgehead atoms. The van der Waals surface area contributed by atoms with Crippen molar-refractivity contribution in [2.24, 2.45) is 5.10 Å². The Kier molecular flexibility index (Phi) is 4.42. The summed E-state index contributed by atoms with van der Waals surface area (Å²) in [6, 6.07) is 8.40. The molecule has 0 aliphatic carbocycles. The standard InChI is InChI=1S/C14H10FN3O4/c15-11-3-1-2-9(6-11)14(20)17-16-8-10-7-12(19)4-5-13(10)18(21)22/h1-8,19H,(H,17,20)/b16-8+. The Morgan fingerprint density at radius 1 is 1.32 bits per heavy atom. The van der Waals surface area contributed by atoms with Gasteiger partial charge in [0.1, 0.15) is 11.6 Å². The molecular formula is C14H10FN3O4. The molecule has 2 aromatic rings. The number of carbonyl (C=O) groups excluding carboxylic acids is 1. The zero-order valence-electron chi connectivity index (χ0n) is 11.1. The monoisotopic (exact) mass is 303 g/mol. The smallest absolute Gasteiger partial charge is 0.278 e. The minimum absolute atomic E-state index is 0.0181. The molecule has 0 saturated heterocycles. The Balaban J connectivity index is 2.14. The zero-order chi connectivity index (χ0) is 16.1. The van der Waals surface area contributed by atoms with E-state index >= 15 is 0 Å². The number of nitrogens with one attached hydrogen (secondary N) is 1. The Bertz CT molecular complexity index is 762. The number of halogens is 1. The van der Waals surface area contributed by atoms with Gasteiger partial charge in [0.25, 0.3) is 11.6 Å². The molecule has 0 aliphatic heterocycles. The van der Waals surface area contributed by atoms with Gasteiger partial charge in [0.2, 0.25) is 0 Å². The molecule has 0 radical (unpaired) electrons. The molecule has 22 heavy (non-hydrogen) atoms. The number of carbonyl (C=O) groups is 1. The minimum atomic E-state index is -0.668. The number of amides is 1. The highest BCUT2D eigenvalue weighted by molar-refractivity contribution is 5.95. The number of rotatable bonds is 4. The molecule has 0 atom stereocenters. The molecule has 1 amide bonds. The highest BCUT2D eigenvalue weighted by atomic mass is 19.1. The number of phenolic OH excluding ortho intramolecular Hbond substituents is 1. The van der Waals surface area contributed by atoms with Crippen LogP contribution in [0.25, 0.3) is 0 Å². The second-order valence-corrected chi connectivity index (χ2v) is 4.21. The maximum Gasteiger partial charge on any atom is 0.278 e. The van der Waals surface area contributed by atoms with Gasteiger partial charge in [-0.3, -0.25) is 14.9 Å². The molecule has 0 spiro atoms. The number of phenols is 1. The Morgan fingerprint density at radius 2 is 2.09 bits per heavy atom. The van der Waals surface area contributed by atoms with Crippen molar-refractivity contribution in [1.82, 2.24) is 5.43 Å². The quantitative estimate of drug-likeness (QED) is 0.513. The van der Waals surface area contributed by atoms with E-state index < -0.39 is 16.6 Å². The van der Waals surface area contributed by atoms with Gasteiger partial charge >= 0.3 is 0 Å². The van der Waals surface area contributed by atoms with Crippen molar-refractivity contribution in [3.05, 3.63) is 69.5 Å². The number of benzene rings is 2. The summed E-state index contributed by atoms with van der Waals surface area (Å²) in [5.41, 5.74) is 1.92. The lowest BCUT2D eigenvalue weighted by molar-refractivity contribution is -0.385. The summed E-state index contributed by atoms with van der Waals surface area (Å²) in [6.45, 7) is 0. The van der Waals surface area contributed by atoms with Gasteiger partial charge in [0, 0.05) is 11.6 Å². The maximum absolute atomic E-state index is 13.0. The van der Waals surface area contributed by atoms with Gasteiger partial charge in [0.05, 0.1) is 16.7 Å². The summed E-state index contributed by atoms with van der Waals surface area (Å²) in [4.78, 5) is 21.9. The predicted octanol–water partition coefficient (Wildman–Crippen LogP) is 2.20. The molecule has 112 valence electrons. The van der Waals surface area contributed by atoms with E-state index in [1.807, 2.05) is 0 Å². The van der Waals surface area contributed by atoms with E-state index in [0.717, 1.165) is 24.4 Å². The van der Waals surface area contributed by atoms with E-state index in [1.54, 1.807) is 0 Å². The minimum Gasteiger partial charge on any atom is -0.508 e.